The quantitative estimate of drug-likeness (QED) is 0.618. The van der Waals surface area contributed by atoms with Gasteiger partial charge in [0.2, 0.25) is 0 Å². The van der Waals surface area contributed by atoms with Gasteiger partial charge in [0.05, 0.1) is 19.8 Å². The Hall–Kier alpha value is -2.00. The number of rotatable bonds is 3. The average molecular weight is 282 g/mol. The van der Waals surface area contributed by atoms with Crippen molar-refractivity contribution in [2.24, 2.45) is 0 Å². The van der Waals surface area contributed by atoms with E-state index in [1.807, 2.05) is 0 Å². The van der Waals surface area contributed by atoms with E-state index in [9.17, 15) is 30.3 Å². The Bertz CT molecular complexity index is 545. The molecule has 0 amide bonds. The Morgan fingerprint density at radius 1 is 0.882 bits per heavy atom. The molecule has 0 aliphatic rings. The molecular weight excluding hydrogens is 281 g/mol. The molecule has 1 aromatic carbocycles. The summed E-state index contributed by atoms with van der Waals surface area (Å²) >= 11 is 10.8. The lowest BCUT2D eigenvalue weighted by Crippen LogP contribution is -2.02. The number of benzene rings is 1. The van der Waals surface area contributed by atoms with Gasteiger partial charge in [0.15, 0.2) is 0 Å². The van der Waals surface area contributed by atoms with Gasteiger partial charge in [-0.05, 0) is 0 Å². The molecule has 0 heterocycles. The number of nitrogens with zero attached hydrogens (tertiary/aromatic N) is 3. The van der Waals surface area contributed by atoms with E-state index in [-0.39, 0.29) is 0 Å². The van der Waals surface area contributed by atoms with Crippen LogP contribution in [-0.4, -0.2) is 14.8 Å². The van der Waals surface area contributed by atoms with Crippen molar-refractivity contribution in [2.45, 2.75) is 0 Å². The second kappa shape index (κ2) is 4.47. The first-order valence-electron chi connectivity index (χ1n) is 3.72. The summed E-state index contributed by atoms with van der Waals surface area (Å²) in [6.07, 6.45) is 0. The third-order valence-electron chi connectivity index (χ3n) is 1.71. The molecular formula is C6HCl2N3O6. The number of nitro groups is 3. The van der Waals surface area contributed by atoms with E-state index in [1.54, 1.807) is 0 Å². The van der Waals surface area contributed by atoms with Crippen molar-refractivity contribution in [3.05, 3.63) is 46.5 Å². The van der Waals surface area contributed by atoms with Gasteiger partial charge in [0, 0.05) is 6.07 Å². The first kappa shape index (κ1) is 13.1. The second-order valence-corrected chi connectivity index (χ2v) is 3.45. The zero-order valence-electron chi connectivity index (χ0n) is 7.62. The zero-order chi connectivity index (χ0) is 13.3. The first-order chi connectivity index (χ1) is 7.77. The topological polar surface area (TPSA) is 129 Å². The van der Waals surface area contributed by atoms with Crippen LogP contribution in [0.1, 0.15) is 0 Å². The third-order valence-corrected chi connectivity index (χ3v) is 2.49. The Balaban J connectivity index is 3.83. The van der Waals surface area contributed by atoms with Gasteiger partial charge in [-0.2, -0.15) is 0 Å². The first-order valence-corrected chi connectivity index (χ1v) is 4.48. The highest BCUT2D eigenvalue weighted by Gasteiger charge is 2.40. The Morgan fingerprint density at radius 3 is 1.71 bits per heavy atom. The van der Waals surface area contributed by atoms with E-state index < -0.39 is 41.9 Å². The molecule has 0 N–H and O–H groups in total. The van der Waals surface area contributed by atoms with Crippen molar-refractivity contribution in [3.63, 3.8) is 0 Å². The van der Waals surface area contributed by atoms with Crippen molar-refractivity contribution < 1.29 is 14.8 Å². The van der Waals surface area contributed by atoms with Crippen molar-refractivity contribution in [3.8, 4) is 0 Å². The molecule has 0 aliphatic carbocycles. The molecule has 0 aliphatic heterocycles. The zero-order valence-corrected chi connectivity index (χ0v) is 9.14. The van der Waals surface area contributed by atoms with Crippen LogP contribution in [0.3, 0.4) is 0 Å². The summed E-state index contributed by atoms with van der Waals surface area (Å²) in [5.41, 5.74) is -3.58. The van der Waals surface area contributed by atoms with Crippen molar-refractivity contribution >= 4 is 40.3 Å². The second-order valence-electron chi connectivity index (χ2n) is 2.66. The van der Waals surface area contributed by atoms with Gasteiger partial charge >= 0.3 is 17.1 Å². The molecule has 0 aromatic heterocycles. The molecule has 0 fully saturated rings. The normalized spacial score (nSPS) is 10.0. The summed E-state index contributed by atoms with van der Waals surface area (Å²) in [6.45, 7) is 0. The van der Waals surface area contributed by atoms with E-state index in [0.717, 1.165) is 0 Å². The third kappa shape index (κ3) is 2.24. The molecule has 1 rings (SSSR count). The molecule has 0 spiro atoms. The summed E-state index contributed by atoms with van der Waals surface area (Å²) in [7, 11) is 0. The lowest BCUT2D eigenvalue weighted by Gasteiger charge is -2.00. The molecule has 0 radical (unpaired) electrons. The van der Waals surface area contributed by atoms with Gasteiger partial charge in [0.25, 0.3) is 0 Å². The predicted molar refractivity (Wildman–Crippen MR) is 56.4 cm³/mol. The lowest BCUT2D eigenvalue weighted by atomic mass is 10.2. The summed E-state index contributed by atoms with van der Waals surface area (Å²) in [5.74, 6) is 0. The van der Waals surface area contributed by atoms with Gasteiger partial charge in [-0.15, -0.1) is 0 Å². The molecule has 0 atom stereocenters. The van der Waals surface area contributed by atoms with E-state index in [4.69, 9.17) is 23.2 Å². The predicted octanol–water partition coefficient (Wildman–Crippen LogP) is 2.72. The summed E-state index contributed by atoms with van der Waals surface area (Å²) in [6, 6.07) is 0.592. The molecule has 0 unspecified atom stereocenters. The highest BCUT2D eigenvalue weighted by Crippen LogP contribution is 2.45. The Labute approximate surface area is 102 Å². The molecule has 0 bridgehead atoms. The summed E-state index contributed by atoms with van der Waals surface area (Å²) < 4.78 is 0. The highest BCUT2D eigenvalue weighted by molar-refractivity contribution is 6.44. The SMILES string of the molecule is O=[N+]([O-])c1cc(Cl)c(Cl)c([N+](=O)[O-])c1[N+](=O)[O-]. The van der Waals surface area contributed by atoms with Gasteiger partial charge < -0.3 is 0 Å². The van der Waals surface area contributed by atoms with Crippen LogP contribution in [0.25, 0.3) is 0 Å². The molecule has 0 saturated carbocycles. The van der Waals surface area contributed by atoms with Gasteiger partial charge in [-0.3, -0.25) is 30.3 Å². The summed E-state index contributed by atoms with van der Waals surface area (Å²) in [4.78, 5) is 28.2. The number of hydrogen-bond donors (Lipinski definition) is 0. The lowest BCUT2D eigenvalue weighted by molar-refractivity contribution is -0.440. The maximum atomic E-state index is 10.6. The Morgan fingerprint density at radius 2 is 1.35 bits per heavy atom. The standard InChI is InChI=1S/C6HCl2N3O6/c7-2-1-3(9(12)13)5(10(14)15)6(4(2)8)11(16)17/h1H. The van der Waals surface area contributed by atoms with Crippen molar-refractivity contribution in [1.82, 2.24) is 0 Å². The van der Waals surface area contributed by atoms with Crippen LogP contribution in [0.5, 0.6) is 0 Å². The van der Waals surface area contributed by atoms with Gasteiger partial charge in [-0.25, -0.2) is 0 Å². The fourth-order valence-corrected chi connectivity index (χ4v) is 1.48. The van der Waals surface area contributed by atoms with Crippen LogP contribution in [-0.2, 0) is 0 Å². The Kier molecular flexibility index (Phi) is 3.44. The smallest absolute Gasteiger partial charge is 0.258 e. The van der Waals surface area contributed by atoms with Crippen molar-refractivity contribution in [2.75, 3.05) is 0 Å². The largest absolute Gasteiger partial charge is 0.424 e. The maximum absolute atomic E-state index is 10.6. The van der Waals surface area contributed by atoms with E-state index >= 15 is 0 Å². The van der Waals surface area contributed by atoms with Gasteiger partial charge in [-0.1, -0.05) is 23.2 Å². The summed E-state index contributed by atoms with van der Waals surface area (Å²) in [5, 5.41) is 30.5. The molecule has 11 heteroatoms. The van der Waals surface area contributed by atoms with Crippen LogP contribution >= 0.6 is 23.2 Å². The number of halogens is 2. The van der Waals surface area contributed by atoms with Crippen LogP contribution in [0.15, 0.2) is 6.07 Å². The van der Waals surface area contributed by atoms with Crippen LogP contribution in [0.2, 0.25) is 10.0 Å². The van der Waals surface area contributed by atoms with Crippen molar-refractivity contribution in [1.29, 1.82) is 0 Å². The maximum Gasteiger partial charge on any atom is 0.424 e. The molecule has 90 valence electrons. The molecule has 0 saturated heterocycles. The molecule has 17 heavy (non-hydrogen) atoms. The van der Waals surface area contributed by atoms with E-state index in [1.165, 1.54) is 0 Å². The van der Waals surface area contributed by atoms with E-state index in [0.29, 0.717) is 6.07 Å². The average Bonchev–Trinajstić information content (AvgIpc) is 2.19. The number of hydrogen-bond acceptors (Lipinski definition) is 6. The van der Waals surface area contributed by atoms with Gasteiger partial charge in [0.1, 0.15) is 5.02 Å². The molecule has 1 aromatic rings. The minimum atomic E-state index is -1.30. The van der Waals surface area contributed by atoms with E-state index in [2.05, 4.69) is 0 Å². The minimum absolute atomic E-state index is 0.504. The minimum Gasteiger partial charge on any atom is -0.258 e. The fraction of sp³-hybridized carbons (Fsp3) is 0. The highest BCUT2D eigenvalue weighted by atomic mass is 35.5. The fourth-order valence-electron chi connectivity index (χ4n) is 1.08. The van der Waals surface area contributed by atoms with Crippen LogP contribution < -0.4 is 0 Å². The van der Waals surface area contributed by atoms with Crippen LogP contribution in [0.4, 0.5) is 17.1 Å². The van der Waals surface area contributed by atoms with Crippen LogP contribution in [0, 0.1) is 30.3 Å². The number of nitro benzene ring substituents is 3. The molecule has 9 nitrogen and oxygen atoms in total. The monoisotopic (exact) mass is 281 g/mol.